The molecule has 1 N–H and O–H groups in total. The first kappa shape index (κ1) is 18.0. The molecule has 2 aliphatic heterocycles. The third-order valence-electron chi connectivity index (χ3n) is 5.15. The summed E-state index contributed by atoms with van der Waals surface area (Å²) in [5, 5.41) is 3.12. The van der Waals surface area contributed by atoms with Crippen molar-refractivity contribution in [2.24, 2.45) is 5.92 Å². The third kappa shape index (κ3) is 4.66. The number of nitrogens with one attached hydrogen (secondary N) is 1. The van der Waals surface area contributed by atoms with Gasteiger partial charge in [0.2, 0.25) is 5.91 Å². The number of anilines is 1. The second-order valence-corrected chi connectivity index (χ2v) is 6.90. The van der Waals surface area contributed by atoms with Crippen molar-refractivity contribution in [1.29, 1.82) is 0 Å². The Morgan fingerprint density at radius 2 is 2.00 bits per heavy atom. The zero-order valence-electron chi connectivity index (χ0n) is 14.8. The number of hydrogen-bond donors (Lipinski definition) is 1. The molecule has 7 heteroatoms. The van der Waals surface area contributed by atoms with Gasteiger partial charge in [-0.1, -0.05) is 6.92 Å². The molecule has 1 aromatic rings. The minimum Gasteiger partial charge on any atom is -0.381 e. The van der Waals surface area contributed by atoms with E-state index in [1.54, 1.807) is 0 Å². The fraction of sp³-hybridized carbons (Fsp3) is 0.722. The Labute approximate surface area is 148 Å². The Bertz CT molecular complexity index is 584. The van der Waals surface area contributed by atoms with Gasteiger partial charge in [0, 0.05) is 38.8 Å². The molecule has 25 heavy (non-hydrogen) atoms. The number of aryl methyl sites for hydroxylation is 1. The number of hydrogen-bond acceptors (Lipinski definition) is 5. The van der Waals surface area contributed by atoms with Gasteiger partial charge in [-0.3, -0.25) is 4.79 Å². The number of ether oxygens (including phenoxy) is 1. The fourth-order valence-electron chi connectivity index (χ4n) is 3.60. The molecule has 0 saturated carbocycles. The molecule has 1 amide bonds. The Hall–Kier alpha value is -1.76. The second kappa shape index (κ2) is 8.56. The van der Waals surface area contributed by atoms with Gasteiger partial charge < -0.3 is 15.0 Å². The average Bonchev–Trinajstić information content (AvgIpc) is 2.63. The lowest BCUT2D eigenvalue weighted by Gasteiger charge is -2.33. The molecule has 138 valence electrons. The van der Waals surface area contributed by atoms with Gasteiger partial charge in [0.05, 0.1) is 5.69 Å². The molecule has 0 spiro atoms. The number of nitrogens with zero attached hydrogens (tertiary/aromatic N) is 3. The van der Waals surface area contributed by atoms with Crippen molar-refractivity contribution in [3.63, 3.8) is 0 Å². The van der Waals surface area contributed by atoms with E-state index >= 15 is 0 Å². The van der Waals surface area contributed by atoms with Gasteiger partial charge in [0.25, 0.3) is 0 Å². The van der Waals surface area contributed by atoms with Crippen molar-refractivity contribution < 1.29 is 13.9 Å². The van der Waals surface area contributed by atoms with Crippen molar-refractivity contribution in [2.45, 2.75) is 51.5 Å². The van der Waals surface area contributed by atoms with E-state index in [0.29, 0.717) is 30.3 Å². The van der Waals surface area contributed by atoms with Crippen molar-refractivity contribution >= 4 is 11.7 Å². The first-order valence-electron chi connectivity index (χ1n) is 9.28. The molecule has 2 saturated heterocycles. The van der Waals surface area contributed by atoms with Gasteiger partial charge >= 0.3 is 0 Å². The molecule has 3 heterocycles. The maximum atomic E-state index is 14.4. The summed E-state index contributed by atoms with van der Waals surface area (Å²) in [6.45, 7) is 4.80. The zero-order valence-corrected chi connectivity index (χ0v) is 14.8. The largest absolute Gasteiger partial charge is 0.381 e. The summed E-state index contributed by atoms with van der Waals surface area (Å²) >= 11 is 0. The van der Waals surface area contributed by atoms with E-state index in [2.05, 4.69) is 15.3 Å². The van der Waals surface area contributed by atoms with E-state index in [9.17, 15) is 9.18 Å². The summed E-state index contributed by atoms with van der Waals surface area (Å²) in [7, 11) is 0. The minimum absolute atomic E-state index is 0.131. The molecule has 0 bridgehead atoms. The van der Waals surface area contributed by atoms with Crippen LogP contribution in [0, 0.1) is 11.7 Å². The van der Waals surface area contributed by atoms with Crippen molar-refractivity contribution in [3.05, 3.63) is 17.8 Å². The molecule has 0 unspecified atom stereocenters. The maximum Gasteiger partial charge on any atom is 0.220 e. The molecular weight excluding hydrogens is 323 g/mol. The van der Waals surface area contributed by atoms with Crippen LogP contribution in [0.1, 0.15) is 44.7 Å². The summed E-state index contributed by atoms with van der Waals surface area (Å²) < 4.78 is 19.7. The first-order chi connectivity index (χ1) is 12.2. The van der Waals surface area contributed by atoms with Crippen LogP contribution < -0.4 is 10.2 Å². The Morgan fingerprint density at radius 3 is 2.68 bits per heavy atom. The van der Waals surface area contributed by atoms with E-state index in [-0.39, 0.29) is 17.8 Å². The lowest BCUT2D eigenvalue weighted by molar-refractivity contribution is -0.123. The quantitative estimate of drug-likeness (QED) is 0.881. The molecule has 0 atom stereocenters. The first-order valence-corrected chi connectivity index (χ1v) is 9.28. The number of piperidine rings is 1. The number of amides is 1. The van der Waals surface area contributed by atoms with Crippen LogP contribution in [0.25, 0.3) is 0 Å². The monoisotopic (exact) mass is 350 g/mol. The Morgan fingerprint density at radius 1 is 1.28 bits per heavy atom. The van der Waals surface area contributed by atoms with Crippen molar-refractivity contribution in [2.75, 3.05) is 31.2 Å². The Balaban J connectivity index is 1.48. The van der Waals surface area contributed by atoms with Gasteiger partial charge in [0.15, 0.2) is 11.6 Å². The highest BCUT2D eigenvalue weighted by atomic mass is 19.1. The molecule has 2 fully saturated rings. The fourth-order valence-corrected chi connectivity index (χ4v) is 3.60. The summed E-state index contributed by atoms with van der Waals surface area (Å²) in [6, 6.07) is 0.254. The van der Waals surface area contributed by atoms with Gasteiger partial charge in [-0.05, 0) is 38.0 Å². The molecule has 1 aromatic heterocycles. The third-order valence-corrected chi connectivity index (χ3v) is 5.15. The van der Waals surface area contributed by atoms with Crippen LogP contribution in [0.5, 0.6) is 0 Å². The minimum atomic E-state index is -0.305. The number of carbonyl (C=O) groups excluding carboxylic acids is 1. The lowest BCUT2D eigenvalue weighted by Crippen LogP contribution is -2.41. The van der Waals surface area contributed by atoms with Crippen LogP contribution in [0.15, 0.2) is 6.33 Å². The normalized spacial score (nSPS) is 19.8. The van der Waals surface area contributed by atoms with Gasteiger partial charge in [-0.25, -0.2) is 14.4 Å². The molecule has 2 aliphatic rings. The number of halogens is 1. The summed E-state index contributed by atoms with van der Waals surface area (Å²) in [4.78, 5) is 22.3. The molecule has 3 rings (SSSR count). The van der Waals surface area contributed by atoms with Crippen molar-refractivity contribution in [1.82, 2.24) is 15.3 Å². The lowest BCUT2D eigenvalue weighted by atomic mass is 9.93. The molecule has 0 aliphatic carbocycles. The van der Waals surface area contributed by atoms with E-state index in [1.165, 1.54) is 6.33 Å². The Kier molecular flexibility index (Phi) is 6.18. The average molecular weight is 350 g/mol. The van der Waals surface area contributed by atoms with Crippen molar-refractivity contribution in [3.8, 4) is 0 Å². The summed E-state index contributed by atoms with van der Waals surface area (Å²) in [5.74, 6) is 0.580. The highest BCUT2D eigenvalue weighted by Crippen LogP contribution is 2.26. The molecule has 6 nitrogen and oxygen atoms in total. The van der Waals surface area contributed by atoms with Crippen LogP contribution >= 0.6 is 0 Å². The van der Waals surface area contributed by atoms with Crippen LogP contribution in [-0.4, -0.2) is 48.2 Å². The maximum absolute atomic E-state index is 14.4. The molecule has 0 radical (unpaired) electrons. The smallest absolute Gasteiger partial charge is 0.220 e. The van der Waals surface area contributed by atoms with Gasteiger partial charge in [-0.2, -0.15) is 0 Å². The summed E-state index contributed by atoms with van der Waals surface area (Å²) in [6.07, 6.45) is 6.11. The SMILES string of the molecule is CCc1ncnc(N2CCC(CC(=O)NC3CCOCC3)CC2)c1F. The van der Waals surface area contributed by atoms with Crippen LogP contribution in [0.2, 0.25) is 0 Å². The molecular formula is C18H27FN4O2. The van der Waals surface area contributed by atoms with Gasteiger partial charge in [-0.15, -0.1) is 0 Å². The highest BCUT2D eigenvalue weighted by Gasteiger charge is 2.26. The van der Waals surface area contributed by atoms with Crippen LogP contribution in [0.3, 0.4) is 0 Å². The van der Waals surface area contributed by atoms with Gasteiger partial charge in [0.1, 0.15) is 6.33 Å². The van der Waals surface area contributed by atoms with E-state index < -0.39 is 0 Å². The number of carbonyl (C=O) groups is 1. The standard InChI is InChI=1S/C18H27FN4O2/c1-2-15-17(19)18(21-12-20-15)23-7-3-13(4-8-23)11-16(24)22-14-5-9-25-10-6-14/h12-14H,2-11H2,1H3,(H,22,24). The van der Waals surface area contributed by atoms with E-state index in [4.69, 9.17) is 4.74 Å². The number of rotatable bonds is 5. The van der Waals surface area contributed by atoms with Crippen LogP contribution in [0.4, 0.5) is 10.2 Å². The van der Waals surface area contributed by atoms with E-state index in [1.807, 2.05) is 11.8 Å². The predicted octanol–water partition coefficient (Wildman–Crippen LogP) is 2.08. The topological polar surface area (TPSA) is 67.4 Å². The second-order valence-electron chi connectivity index (χ2n) is 6.90. The number of aromatic nitrogens is 2. The highest BCUT2D eigenvalue weighted by molar-refractivity contribution is 5.76. The zero-order chi connectivity index (χ0) is 17.6. The molecule has 0 aromatic carbocycles. The summed E-state index contributed by atoms with van der Waals surface area (Å²) in [5.41, 5.74) is 0.461. The van der Waals surface area contributed by atoms with Crippen LogP contribution in [-0.2, 0) is 16.0 Å². The predicted molar refractivity (Wildman–Crippen MR) is 92.9 cm³/mol. The van der Waals surface area contributed by atoms with E-state index in [0.717, 1.165) is 52.0 Å².